The Balaban J connectivity index is 1.54. The first kappa shape index (κ1) is 23.3. The molecular formula is C27H25ClN4O2. The van der Waals surface area contributed by atoms with Crippen molar-refractivity contribution >= 4 is 28.4 Å². The first-order valence-electron chi connectivity index (χ1n) is 11.1. The van der Waals surface area contributed by atoms with Gasteiger partial charge in [0.25, 0.3) is 5.56 Å². The zero-order valence-electron chi connectivity index (χ0n) is 19.0. The molecule has 0 saturated carbocycles. The van der Waals surface area contributed by atoms with Gasteiger partial charge in [0.15, 0.2) is 0 Å². The number of para-hydroxylation sites is 1. The molecule has 2 heterocycles. The molecule has 34 heavy (non-hydrogen) atoms. The van der Waals surface area contributed by atoms with E-state index in [0.717, 1.165) is 27.6 Å². The van der Waals surface area contributed by atoms with Gasteiger partial charge in [0.05, 0.1) is 0 Å². The zero-order valence-corrected chi connectivity index (χ0v) is 19.8. The van der Waals surface area contributed by atoms with Gasteiger partial charge in [0.1, 0.15) is 11.6 Å². The Labute approximate surface area is 202 Å². The van der Waals surface area contributed by atoms with E-state index >= 15 is 0 Å². The van der Waals surface area contributed by atoms with Crippen molar-refractivity contribution in [3.05, 3.63) is 104 Å². The van der Waals surface area contributed by atoms with Crippen molar-refractivity contribution in [3.63, 3.8) is 0 Å². The number of fused-ring (bicyclic) bond motifs is 1. The maximum Gasteiger partial charge on any atom is 0.266 e. The molecule has 1 atom stereocenters. The third kappa shape index (κ3) is 4.61. The number of aromatic nitrogens is 2. The van der Waals surface area contributed by atoms with Crippen molar-refractivity contribution in [2.75, 3.05) is 6.54 Å². The van der Waals surface area contributed by atoms with E-state index in [2.05, 4.69) is 21.4 Å². The number of hydrogen-bond donors (Lipinski definition) is 3. The number of pyridine rings is 1. The van der Waals surface area contributed by atoms with Gasteiger partial charge >= 0.3 is 0 Å². The van der Waals surface area contributed by atoms with Crippen LogP contribution in [0.4, 0.5) is 0 Å². The van der Waals surface area contributed by atoms with Crippen LogP contribution in [-0.4, -0.2) is 22.4 Å². The lowest BCUT2D eigenvalue weighted by molar-refractivity contribution is -0.121. The van der Waals surface area contributed by atoms with Gasteiger partial charge in [-0.05, 0) is 54.7 Å². The summed E-state index contributed by atoms with van der Waals surface area (Å²) < 4.78 is 0. The molecule has 1 amide bonds. The van der Waals surface area contributed by atoms with Crippen molar-refractivity contribution in [1.29, 1.82) is 5.26 Å². The minimum atomic E-state index is -0.396. The van der Waals surface area contributed by atoms with Crippen LogP contribution in [0.5, 0.6) is 0 Å². The summed E-state index contributed by atoms with van der Waals surface area (Å²) in [5, 5.41) is 14.1. The second-order valence-corrected chi connectivity index (χ2v) is 8.74. The average Bonchev–Trinajstić information content (AvgIpc) is 3.24. The molecule has 0 fully saturated rings. The molecule has 0 aliphatic carbocycles. The lowest BCUT2D eigenvalue weighted by Gasteiger charge is -2.19. The maximum absolute atomic E-state index is 12.8. The van der Waals surface area contributed by atoms with Gasteiger partial charge in [-0.15, -0.1) is 0 Å². The van der Waals surface area contributed by atoms with Gasteiger partial charge in [-0.3, -0.25) is 9.59 Å². The number of carbonyl (C=O) groups excluding carboxylic acids is 1. The van der Waals surface area contributed by atoms with Crippen molar-refractivity contribution in [1.82, 2.24) is 15.3 Å². The summed E-state index contributed by atoms with van der Waals surface area (Å²) in [7, 11) is 0. The lowest BCUT2D eigenvalue weighted by atomic mass is 9.90. The monoisotopic (exact) mass is 472 g/mol. The molecule has 2 aromatic carbocycles. The van der Waals surface area contributed by atoms with Crippen LogP contribution in [0.2, 0.25) is 5.02 Å². The number of aryl methyl sites for hydroxylation is 1. The Morgan fingerprint density at radius 3 is 2.62 bits per heavy atom. The van der Waals surface area contributed by atoms with E-state index in [9.17, 15) is 14.9 Å². The fraction of sp³-hybridized carbons (Fsp3) is 0.222. The molecule has 6 nitrogen and oxygen atoms in total. The van der Waals surface area contributed by atoms with E-state index in [4.69, 9.17) is 11.6 Å². The lowest BCUT2D eigenvalue weighted by Crippen LogP contribution is -2.29. The van der Waals surface area contributed by atoms with Crippen LogP contribution in [0.3, 0.4) is 0 Å². The number of halogens is 1. The Bertz CT molecular complexity index is 1460. The van der Waals surface area contributed by atoms with Crippen molar-refractivity contribution < 1.29 is 4.79 Å². The Hall–Kier alpha value is -3.82. The van der Waals surface area contributed by atoms with Gasteiger partial charge in [0.2, 0.25) is 5.91 Å². The number of carbonyl (C=O) groups is 1. The largest absolute Gasteiger partial charge is 0.361 e. The Morgan fingerprint density at radius 1 is 1.12 bits per heavy atom. The number of H-pyrrole nitrogens is 2. The highest BCUT2D eigenvalue weighted by Crippen LogP contribution is 2.34. The smallest absolute Gasteiger partial charge is 0.266 e. The maximum atomic E-state index is 12.8. The molecule has 0 aliphatic heterocycles. The molecule has 4 rings (SSSR count). The predicted octanol–water partition coefficient (Wildman–Crippen LogP) is 4.88. The summed E-state index contributed by atoms with van der Waals surface area (Å²) >= 11 is 6.54. The van der Waals surface area contributed by atoms with E-state index in [1.165, 1.54) is 0 Å². The number of nitrogens with one attached hydrogen (secondary N) is 3. The second kappa shape index (κ2) is 9.98. The van der Waals surface area contributed by atoms with Gasteiger partial charge < -0.3 is 15.3 Å². The SMILES string of the molecule is Cc1[nH]c(=O)c(C#N)c(C)c1CCC(=O)NCC(c1ccccc1Cl)c1c[nH]c2ccccc12. The number of nitrogens with zero attached hydrogens (tertiary/aromatic N) is 1. The van der Waals surface area contributed by atoms with Gasteiger partial charge in [-0.25, -0.2) is 0 Å². The molecule has 0 aliphatic rings. The van der Waals surface area contributed by atoms with Gasteiger partial charge in [0, 0.05) is 46.7 Å². The van der Waals surface area contributed by atoms with Gasteiger partial charge in [-0.2, -0.15) is 5.26 Å². The van der Waals surface area contributed by atoms with Crippen LogP contribution in [0.15, 0.2) is 59.5 Å². The summed E-state index contributed by atoms with van der Waals surface area (Å²) in [6, 6.07) is 17.7. The molecule has 0 saturated heterocycles. The van der Waals surface area contributed by atoms with Crippen LogP contribution >= 0.6 is 11.6 Å². The van der Waals surface area contributed by atoms with E-state index in [1.807, 2.05) is 54.7 Å². The highest BCUT2D eigenvalue weighted by molar-refractivity contribution is 6.31. The topological polar surface area (TPSA) is 102 Å². The number of rotatable bonds is 7. The first-order valence-corrected chi connectivity index (χ1v) is 11.5. The molecule has 3 N–H and O–H groups in total. The van der Waals surface area contributed by atoms with Crippen molar-refractivity contribution in [2.45, 2.75) is 32.6 Å². The summed E-state index contributed by atoms with van der Waals surface area (Å²) in [5.41, 5.74) is 4.87. The third-order valence-electron chi connectivity index (χ3n) is 6.30. The molecule has 172 valence electrons. The summed E-state index contributed by atoms with van der Waals surface area (Å²) in [4.78, 5) is 30.8. The van der Waals surface area contributed by atoms with Gasteiger partial charge in [-0.1, -0.05) is 48.0 Å². The molecule has 2 aromatic heterocycles. The highest BCUT2D eigenvalue weighted by Gasteiger charge is 2.21. The third-order valence-corrected chi connectivity index (χ3v) is 6.65. The molecule has 7 heteroatoms. The van der Waals surface area contributed by atoms with Crippen LogP contribution in [0, 0.1) is 25.2 Å². The van der Waals surface area contributed by atoms with Crippen LogP contribution < -0.4 is 10.9 Å². The standard InChI is InChI=1S/C27H25ClN4O2/c1-16-18(17(2)32-27(34)21(16)13-29)11-12-26(33)31-15-22(19-7-3-5-9-24(19)28)23-14-30-25-10-6-4-8-20(23)25/h3-10,14,22,30H,11-12,15H2,1-2H3,(H,31,33)(H,32,34). The number of aromatic amines is 2. The fourth-order valence-electron chi connectivity index (χ4n) is 4.49. The Morgan fingerprint density at radius 2 is 1.85 bits per heavy atom. The minimum Gasteiger partial charge on any atom is -0.361 e. The van der Waals surface area contributed by atoms with Crippen molar-refractivity contribution in [3.8, 4) is 6.07 Å². The molecule has 1 unspecified atom stereocenters. The van der Waals surface area contributed by atoms with Crippen molar-refractivity contribution in [2.24, 2.45) is 0 Å². The fourth-order valence-corrected chi connectivity index (χ4v) is 4.76. The quantitative estimate of drug-likeness (QED) is 0.357. The summed E-state index contributed by atoms with van der Waals surface area (Å²) in [5.74, 6) is -0.240. The Kier molecular flexibility index (Phi) is 6.85. The zero-order chi connectivity index (χ0) is 24.2. The second-order valence-electron chi connectivity index (χ2n) is 8.34. The van der Waals surface area contributed by atoms with E-state index in [-0.39, 0.29) is 23.8 Å². The highest BCUT2D eigenvalue weighted by atomic mass is 35.5. The van der Waals surface area contributed by atoms with E-state index < -0.39 is 5.56 Å². The molecule has 0 radical (unpaired) electrons. The van der Waals surface area contributed by atoms with E-state index in [0.29, 0.717) is 29.2 Å². The average molecular weight is 473 g/mol. The van der Waals surface area contributed by atoms with E-state index in [1.54, 1.807) is 13.8 Å². The first-order chi connectivity index (χ1) is 16.4. The molecule has 4 aromatic rings. The van der Waals surface area contributed by atoms with Crippen LogP contribution in [0.1, 0.15) is 45.8 Å². The summed E-state index contributed by atoms with van der Waals surface area (Å²) in [6.45, 7) is 3.92. The molecule has 0 spiro atoms. The molecule has 0 bridgehead atoms. The predicted molar refractivity (Wildman–Crippen MR) is 134 cm³/mol. The number of nitriles is 1. The number of amides is 1. The normalized spacial score (nSPS) is 11.8. The summed E-state index contributed by atoms with van der Waals surface area (Å²) in [6.07, 6.45) is 2.64. The minimum absolute atomic E-state index is 0.0964. The molecular weight excluding hydrogens is 448 g/mol. The number of hydrogen-bond acceptors (Lipinski definition) is 3. The van der Waals surface area contributed by atoms with Crippen LogP contribution in [0.25, 0.3) is 10.9 Å². The van der Waals surface area contributed by atoms with Crippen LogP contribution in [-0.2, 0) is 11.2 Å². The number of benzene rings is 2.